The zero-order valence-electron chi connectivity index (χ0n) is 35.5. The SMILES string of the molecule is CC(C)(C)OC(=O)N1C(=O)C2=C(c3ccc(N(c4ccccc4)c4ccccc4)cc3)N(C(O)OC(C)(C)C)C(=O)C2=C1c1ccc(N(c2ccccc2)c2ccccc2)cc1. The van der Waals surface area contributed by atoms with Gasteiger partial charge in [0.25, 0.3) is 11.8 Å². The third-order valence-corrected chi connectivity index (χ3v) is 10.1. The summed E-state index contributed by atoms with van der Waals surface area (Å²) < 4.78 is 11.8. The highest BCUT2D eigenvalue weighted by molar-refractivity contribution is 6.33. The molecule has 0 aromatic heterocycles. The van der Waals surface area contributed by atoms with E-state index in [2.05, 4.69) is 9.80 Å². The predicted octanol–water partition coefficient (Wildman–Crippen LogP) is 11.5. The Hall–Kier alpha value is -7.27. The number of carbonyl (C=O) groups is 3. The van der Waals surface area contributed by atoms with Crippen molar-refractivity contribution in [3.05, 3.63) is 192 Å². The van der Waals surface area contributed by atoms with E-state index in [0.29, 0.717) is 11.1 Å². The van der Waals surface area contributed by atoms with Crippen molar-refractivity contribution in [3.8, 4) is 0 Å². The lowest BCUT2D eigenvalue weighted by molar-refractivity contribution is -0.219. The highest BCUT2D eigenvalue weighted by Crippen LogP contribution is 2.49. The van der Waals surface area contributed by atoms with Crippen molar-refractivity contribution < 1.29 is 29.0 Å². The standard InChI is InChI=1S/C52H48N4O6/c1-51(2,3)61-49(59)55-45(35-27-31-41(32-28-35)53(37-19-11-7-12-20-37)38-21-13-8-14-22-38)43-44(47(55)57)46(56(48(43)58)50(60)62-52(4,5)6)36-29-33-42(34-30-36)54(39-23-15-9-16-24-39)40-25-17-10-18-26-40/h7-34,49,59H,1-6H3. The van der Waals surface area contributed by atoms with E-state index in [4.69, 9.17) is 9.47 Å². The van der Waals surface area contributed by atoms with Gasteiger partial charge in [-0.25, -0.2) is 9.69 Å². The van der Waals surface area contributed by atoms with Gasteiger partial charge in [-0.15, -0.1) is 0 Å². The summed E-state index contributed by atoms with van der Waals surface area (Å²) >= 11 is 0. The summed E-state index contributed by atoms with van der Waals surface area (Å²) in [5, 5.41) is 11.8. The minimum absolute atomic E-state index is 0.0423. The van der Waals surface area contributed by atoms with E-state index in [9.17, 15) is 14.7 Å². The van der Waals surface area contributed by atoms with Crippen molar-refractivity contribution in [1.29, 1.82) is 0 Å². The second-order valence-electron chi connectivity index (χ2n) is 16.9. The smallest absolute Gasteiger partial charge is 0.422 e. The number of anilines is 6. The fourth-order valence-corrected chi connectivity index (χ4v) is 7.68. The largest absolute Gasteiger partial charge is 0.443 e. The number of imide groups is 1. The number of amides is 3. The molecule has 3 amide bonds. The molecule has 0 saturated carbocycles. The average molecular weight is 825 g/mol. The van der Waals surface area contributed by atoms with Crippen molar-refractivity contribution in [3.63, 3.8) is 0 Å². The minimum atomic E-state index is -1.79. The molecule has 1 atom stereocenters. The van der Waals surface area contributed by atoms with Crippen molar-refractivity contribution in [2.75, 3.05) is 9.80 Å². The molecule has 1 N–H and O–H groups in total. The van der Waals surface area contributed by atoms with E-state index in [-0.39, 0.29) is 22.5 Å². The van der Waals surface area contributed by atoms with Crippen molar-refractivity contribution in [2.45, 2.75) is 59.2 Å². The number of ether oxygens (including phenoxy) is 2. The van der Waals surface area contributed by atoms with Gasteiger partial charge < -0.3 is 24.4 Å². The van der Waals surface area contributed by atoms with E-state index < -0.39 is 35.5 Å². The van der Waals surface area contributed by atoms with E-state index in [1.807, 2.05) is 146 Å². The van der Waals surface area contributed by atoms with Crippen LogP contribution < -0.4 is 9.80 Å². The van der Waals surface area contributed by atoms with Crippen LogP contribution in [0.3, 0.4) is 0 Å². The molecule has 8 rings (SSSR count). The number of hydrogen-bond donors (Lipinski definition) is 1. The fraction of sp³-hybridized carbons (Fsp3) is 0.173. The van der Waals surface area contributed by atoms with Crippen LogP contribution in [0.1, 0.15) is 52.7 Å². The van der Waals surface area contributed by atoms with E-state index in [1.165, 1.54) is 0 Å². The van der Waals surface area contributed by atoms with Crippen LogP contribution in [0.25, 0.3) is 11.4 Å². The third kappa shape index (κ3) is 8.26. The maximum atomic E-state index is 15.0. The van der Waals surface area contributed by atoms with Gasteiger partial charge >= 0.3 is 6.09 Å². The second-order valence-corrected chi connectivity index (χ2v) is 16.9. The fourth-order valence-electron chi connectivity index (χ4n) is 7.68. The Kier molecular flexibility index (Phi) is 11.1. The van der Waals surface area contributed by atoms with Gasteiger partial charge in [-0.05, 0) is 125 Å². The van der Waals surface area contributed by atoms with Gasteiger partial charge in [-0.1, -0.05) is 97.1 Å². The van der Waals surface area contributed by atoms with Crippen molar-refractivity contribution >= 4 is 63.4 Å². The zero-order valence-corrected chi connectivity index (χ0v) is 35.5. The Bertz CT molecular complexity index is 2570. The summed E-state index contributed by atoms with van der Waals surface area (Å²) in [5.41, 5.74) is 4.35. The predicted molar refractivity (Wildman–Crippen MR) is 243 cm³/mol. The Labute approximate surface area is 362 Å². The van der Waals surface area contributed by atoms with Gasteiger partial charge in [0.2, 0.25) is 6.41 Å². The van der Waals surface area contributed by atoms with Gasteiger partial charge in [0, 0.05) is 34.1 Å². The summed E-state index contributed by atoms with van der Waals surface area (Å²) in [6.07, 6.45) is -2.72. The Morgan fingerprint density at radius 2 is 0.823 bits per heavy atom. The molecular weight excluding hydrogens is 777 g/mol. The number of carbonyl (C=O) groups excluding carboxylic acids is 3. The lowest BCUT2D eigenvalue weighted by Crippen LogP contribution is -2.43. The second kappa shape index (κ2) is 16.6. The number of hydrogen-bond acceptors (Lipinski definition) is 8. The number of para-hydroxylation sites is 4. The number of fused-ring (bicyclic) bond motifs is 1. The van der Waals surface area contributed by atoms with Gasteiger partial charge in [-0.3, -0.25) is 14.5 Å². The van der Waals surface area contributed by atoms with Gasteiger partial charge in [0.05, 0.1) is 28.1 Å². The maximum absolute atomic E-state index is 15.0. The van der Waals surface area contributed by atoms with Gasteiger partial charge in [-0.2, -0.15) is 0 Å². The molecule has 0 saturated heterocycles. The average Bonchev–Trinajstić information content (AvgIpc) is 3.73. The van der Waals surface area contributed by atoms with Crippen molar-refractivity contribution in [1.82, 2.24) is 9.80 Å². The molecule has 0 fully saturated rings. The van der Waals surface area contributed by atoms with Crippen LogP contribution in [-0.2, 0) is 19.1 Å². The zero-order chi connectivity index (χ0) is 43.8. The molecule has 0 radical (unpaired) electrons. The first-order valence-electron chi connectivity index (χ1n) is 20.5. The number of aliphatic hydroxyl groups is 1. The summed E-state index contributed by atoms with van der Waals surface area (Å²) in [4.78, 5) is 50.4. The van der Waals surface area contributed by atoms with E-state index in [0.717, 1.165) is 43.9 Å². The number of rotatable bonds is 10. The minimum Gasteiger partial charge on any atom is -0.443 e. The molecule has 2 heterocycles. The summed E-state index contributed by atoms with van der Waals surface area (Å²) in [6.45, 7) is 10.4. The van der Waals surface area contributed by atoms with Crippen LogP contribution in [0, 0.1) is 0 Å². The molecule has 6 aromatic carbocycles. The molecule has 2 aliphatic rings. The number of benzene rings is 6. The molecule has 1 unspecified atom stereocenters. The molecular formula is C52H48N4O6. The molecule has 10 heteroatoms. The molecule has 312 valence electrons. The monoisotopic (exact) mass is 824 g/mol. The Morgan fingerprint density at radius 1 is 0.484 bits per heavy atom. The van der Waals surface area contributed by atoms with Crippen LogP contribution in [0.15, 0.2) is 181 Å². The normalized spacial score (nSPS) is 14.6. The summed E-state index contributed by atoms with van der Waals surface area (Å²) in [6, 6.07) is 54.3. The molecule has 0 aliphatic carbocycles. The third-order valence-electron chi connectivity index (χ3n) is 10.1. The van der Waals surface area contributed by atoms with Gasteiger partial charge in [0.15, 0.2) is 0 Å². The van der Waals surface area contributed by atoms with Crippen molar-refractivity contribution in [2.24, 2.45) is 0 Å². The summed E-state index contributed by atoms with van der Waals surface area (Å²) in [5.74, 6) is -1.48. The van der Waals surface area contributed by atoms with E-state index in [1.54, 1.807) is 65.8 Å². The quantitative estimate of drug-likeness (QED) is 0.136. The first-order chi connectivity index (χ1) is 29.7. The highest BCUT2D eigenvalue weighted by atomic mass is 16.6. The first-order valence-corrected chi connectivity index (χ1v) is 20.5. The highest BCUT2D eigenvalue weighted by Gasteiger charge is 2.53. The van der Waals surface area contributed by atoms with E-state index >= 15 is 4.79 Å². The molecule has 0 bridgehead atoms. The molecule has 2 aliphatic heterocycles. The lowest BCUT2D eigenvalue weighted by Gasteiger charge is -2.32. The Morgan fingerprint density at radius 3 is 1.18 bits per heavy atom. The Balaban J connectivity index is 1.30. The van der Waals surface area contributed by atoms with Crippen LogP contribution in [0.2, 0.25) is 0 Å². The molecule has 6 aromatic rings. The topological polar surface area (TPSA) is 103 Å². The summed E-state index contributed by atoms with van der Waals surface area (Å²) in [7, 11) is 0. The van der Waals surface area contributed by atoms with Crippen LogP contribution in [0.4, 0.5) is 38.9 Å². The lowest BCUT2D eigenvalue weighted by atomic mass is 10.0. The molecule has 10 nitrogen and oxygen atoms in total. The van der Waals surface area contributed by atoms with Crippen LogP contribution >= 0.6 is 0 Å². The number of aliphatic hydroxyl groups excluding tert-OH is 1. The first kappa shape index (κ1) is 41.5. The number of nitrogens with zero attached hydrogens (tertiary/aromatic N) is 4. The van der Waals surface area contributed by atoms with Crippen LogP contribution in [0.5, 0.6) is 0 Å². The van der Waals surface area contributed by atoms with Gasteiger partial charge in [0.1, 0.15) is 5.60 Å². The molecule has 0 spiro atoms. The van der Waals surface area contributed by atoms with Crippen LogP contribution in [-0.4, -0.2) is 50.4 Å². The molecule has 62 heavy (non-hydrogen) atoms. The maximum Gasteiger partial charge on any atom is 0.422 e.